The third kappa shape index (κ3) is 2.45. The summed E-state index contributed by atoms with van der Waals surface area (Å²) in [6.07, 6.45) is 0. The molecule has 0 fully saturated rings. The Labute approximate surface area is 120 Å². The second-order valence-corrected chi connectivity index (χ2v) is 4.05. The van der Waals surface area contributed by atoms with Crippen molar-refractivity contribution in [3.63, 3.8) is 0 Å². The van der Waals surface area contributed by atoms with Crippen LogP contribution in [0.1, 0.15) is 20.8 Å². The Morgan fingerprint density at radius 2 is 1.76 bits per heavy atom. The summed E-state index contributed by atoms with van der Waals surface area (Å²) in [5, 5.41) is 10.5. The van der Waals surface area contributed by atoms with Crippen LogP contribution < -0.4 is 4.74 Å². The first-order valence-electron chi connectivity index (χ1n) is 5.90. The number of esters is 2. The number of fused-ring (bicyclic) bond motifs is 1. The predicted octanol–water partition coefficient (Wildman–Crippen LogP) is 1.52. The van der Waals surface area contributed by atoms with Gasteiger partial charge in [0, 0.05) is 11.5 Å². The SMILES string of the molecule is COC(=O)c1nc2cc(OC)ccc2c(O)c1C(=O)OC. The molecule has 7 nitrogen and oxygen atoms in total. The Morgan fingerprint density at radius 1 is 1.10 bits per heavy atom. The number of ether oxygens (including phenoxy) is 3. The standard InChI is InChI=1S/C14H13NO6/c1-19-7-4-5-8-9(6-7)15-11(14(18)21-3)10(12(8)16)13(17)20-2/h4-6H,1-3H3,(H,15,16). The molecule has 21 heavy (non-hydrogen) atoms. The molecule has 0 saturated carbocycles. The first-order chi connectivity index (χ1) is 10.0. The van der Waals surface area contributed by atoms with Crippen LogP contribution >= 0.6 is 0 Å². The van der Waals surface area contributed by atoms with Gasteiger partial charge in [-0.3, -0.25) is 0 Å². The van der Waals surface area contributed by atoms with Gasteiger partial charge < -0.3 is 19.3 Å². The fourth-order valence-corrected chi connectivity index (χ4v) is 1.89. The number of aromatic nitrogens is 1. The van der Waals surface area contributed by atoms with E-state index in [9.17, 15) is 14.7 Å². The summed E-state index contributed by atoms with van der Waals surface area (Å²) >= 11 is 0. The molecule has 0 aliphatic heterocycles. The quantitative estimate of drug-likeness (QED) is 0.856. The summed E-state index contributed by atoms with van der Waals surface area (Å²) < 4.78 is 14.2. The number of rotatable bonds is 3. The van der Waals surface area contributed by atoms with E-state index < -0.39 is 17.7 Å². The van der Waals surface area contributed by atoms with Crippen molar-refractivity contribution in [2.24, 2.45) is 0 Å². The highest BCUT2D eigenvalue weighted by Gasteiger charge is 2.26. The van der Waals surface area contributed by atoms with Gasteiger partial charge in [-0.05, 0) is 12.1 Å². The van der Waals surface area contributed by atoms with Crippen LogP contribution in [0.4, 0.5) is 0 Å². The highest BCUT2D eigenvalue weighted by Crippen LogP contribution is 2.32. The Bertz CT molecular complexity index is 725. The summed E-state index contributed by atoms with van der Waals surface area (Å²) in [4.78, 5) is 27.6. The number of aromatic hydroxyl groups is 1. The van der Waals surface area contributed by atoms with Crippen molar-refractivity contribution in [3.8, 4) is 11.5 Å². The lowest BCUT2D eigenvalue weighted by Crippen LogP contribution is -2.14. The lowest BCUT2D eigenvalue weighted by Gasteiger charge is -2.11. The Kier molecular flexibility index (Phi) is 3.93. The molecule has 0 spiro atoms. The van der Waals surface area contributed by atoms with E-state index in [-0.39, 0.29) is 11.3 Å². The number of methoxy groups -OCH3 is 3. The minimum atomic E-state index is -0.877. The van der Waals surface area contributed by atoms with Crippen LogP contribution in [0.25, 0.3) is 10.9 Å². The normalized spacial score (nSPS) is 10.2. The van der Waals surface area contributed by atoms with Gasteiger partial charge in [-0.15, -0.1) is 0 Å². The minimum absolute atomic E-state index is 0.292. The maximum absolute atomic E-state index is 11.8. The molecule has 1 N–H and O–H groups in total. The van der Waals surface area contributed by atoms with E-state index in [1.54, 1.807) is 6.07 Å². The van der Waals surface area contributed by atoms with Crippen LogP contribution in [0.15, 0.2) is 18.2 Å². The second kappa shape index (κ2) is 5.66. The highest BCUT2D eigenvalue weighted by atomic mass is 16.5. The number of carbonyl (C=O) groups excluding carboxylic acids is 2. The first kappa shape index (κ1) is 14.6. The molecular weight excluding hydrogens is 278 g/mol. The Morgan fingerprint density at radius 3 is 2.33 bits per heavy atom. The molecule has 110 valence electrons. The van der Waals surface area contributed by atoms with Crippen LogP contribution in [-0.4, -0.2) is 43.4 Å². The number of benzene rings is 1. The van der Waals surface area contributed by atoms with Crippen LogP contribution in [0.5, 0.6) is 11.5 Å². The van der Waals surface area contributed by atoms with Gasteiger partial charge in [-0.2, -0.15) is 0 Å². The topological polar surface area (TPSA) is 95.0 Å². The smallest absolute Gasteiger partial charge is 0.357 e. The van der Waals surface area contributed by atoms with Crippen LogP contribution in [0, 0.1) is 0 Å². The van der Waals surface area contributed by atoms with Crippen molar-refractivity contribution >= 4 is 22.8 Å². The van der Waals surface area contributed by atoms with Gasteiger partial charge in [0.2, 0.25) is 0 Å². The summed E-state index contributed by atoms with van der Waals surface area (Å²) in [6, 6.07) is 4.66. The van der Waals surface area contributed by atoms with Crippen molar-refractivity contribution in [1.82, 2.24) is 4.98 Å². The van der Waals surface area contributed by atoms with Crippen molar-refractivity contribution in [2.45, 2.75) is 0 Å². The maximum atomic E-state index is 11.8. The van der Waals surface area contributed by atoms with Crippen LogP contribution in [-0.2, 0) is 9.47 Å². The molecule has 7 heteroatoms. The average Bonchev–Trinajstić information content (AvgIpc) is 2.52. The van der Waals surface area contributed by atoms with Crippen LogP contribution in [0.2, 0.25) is 0 Å². The fourth-order valence-electron chi connectivity index (χ4n) is 1.89. The largest absolute Gasteiger partial charge is 0.506 e. The van der Waals surface area contributed by atoms with Gasteiger partial charge in [0.1, 0.15) is 17.1 Å². The lowest BCUT2D eigenvalue weighted by atomic mass is 10.1. The Hall–Kier alpha value is -2.83. The van der Waals surface area contributed by atoms with E-state index in [1.165, 1.54) is 19.2 Å². The third-order valence-electron chi connectivity index (χ3n) is 2.93. The van der Waals surface area contributed by atoms with E-state index in [1.807, 2.05) is 0 Å². The summed E-state index contributed by atoms with van der Waals surface area (Å²) in [7, 11) is 3.77. The second-order valence-electron chi connectivity index (χ2n) is 4.05. The monoisotopic (exact) mass is 291 g/mol. The van der Waals surface area contributed by atoms with Gasteiger partial charge in [-0.1, -0.05) is 0 Å². The molecule has 2 aromatic rings. The molecule has 0 aliphatic rings. The van der Waals surface area contributed by atoms with E-state index in [0.717, 1.165) is 14.2 Å². The molecular formula is C14H13NO6. The van der Waals surface area contributed by atoms with Gasteiger partial charge in [-0.25, -0.2) is 14.6 Å². The highest BCUT2D eigenvalue weighted by molar-refractivity contribution is 6.08. The van der Waals surface area contributed by atoms with E-state index in [0.29, 0.717) is 16.7 Å². The minimum Gasteiger partial charge on any atom is -0.506 e. The molecule has 1 aromatic heterocycles. The van der Waals surface area contributed by atoms with Crippen molar-refractivity contribution < 1.29 is 28.9 Å². The summed E-state index contributed by atoms with van der Waals surface area (Å²) in [5.41, 5.74) is -0.357. The zero-order chi connectivity index (χ0) is 15.6. The maximum Gasteiger partial charge on any atom is 0.357 e. The molecule has 1 aromatic carbocycles. The van der Waals surface area contributed by atoms with Gasteiger partial charge >= 0.3 is 11.9 Å². The Balaban J connectivity index is 2.83. The zero-order valence-corrected chi connectivity index (χ0v) is 11.7. The molecule has 2 rings (SSSR count). The number of carbonyl (C=O) groups is 2. The number of nitrogens with zero attached hydrogens (tertiary/aromatic N) is 1. The van der Waals surface area contributed by atoms with Crippen LogP contribution in [0.3, 0.4) is 0 Å². The molecule has 1 heterocycles. The zero-order valence-electron chi connectivity index (χ0n) is 11.7. The van der Waals surface area contributed by atoms with Gasteiger partial charge in [0.25, 0.3) is 0 Å². The predicted molar refractivity (Wildman–Crippen MR) is 72.6 cm³/mol. The summed E-state index contributed by atoms with van der Waals surface area (Å²) in [5.74, 6) is -1.63. The van der Waals surface area contributed by atoms with Gasteiger partial charge in [0.05, 0.1) is 26.8 Å². The van der Waals surface area contributed by atoms with Crippen molar-refractivity contribution in [2.75, 3.05) is 21.3 Å². The average molecular weight is 291 g/mol. The molecule has 0 atom stereocenters. The summed E-state index contributed by atoms with van der Waals surface area (Å²) in [6.45, 7) is 0. The molecule has 0 unspecified atom stereocenters. The molecule has 0 bridgehead atoms. The number of hydrogen-bond donors (Lipinski definition) is 1. The first-order valence-corrected chi connectivity index (χ1v) is 5.90. The third-order valence-corrected chi connectivity index (χ3v) is 2.93. The van der Waals surface area contributed by atoms with Crippen molar-refractivity contribution in [3.05, 3.63) is 29.5 Å². The van der Waals surface area contributed by atoms with Gasteiger partial charge in [0.15, 0.2) is 5.69 Å². The number of pyridine rings is 1. The molecule has 0 amide bonds. The molecule has 0 saturated heterocycles. The number of hydrogen-bond acceptors (Lipinski definition) is 7. The van der Waals surface area contributed by atoms with E-state index in [4.69, 9.17) is 4.74 Å². The van der Waals surface area contributed by atoms with E-state index in [2.05, 4.69) is 14.5 Å². The lowest BCUT2D eigenvalue weighted by molar-refractivity contribution is 0.0547. The molecule has 0 radical (unpaired) electrons. The van der Waals surface area contributed by atoms with E-state index >= 15 is 0 Å². The molecule has 0 aliphatic carbocycles. The fraction of sp³-hybridized carbons (Fsp3) is 0.214. The van der Waals surface area contributed by atoms with Crippen molar-refractivity contribution in [1.29, 1.82) is 0 Å².